The molecule has 0 bridgehead atoms. The summed E-state index contributed by atoms with van der Waals surface area (Å²) in [5.74, 6) is 2.91. The number of guanidine groups is 1. The van der Waals surface area contributed by atoms with Crippen molar-refractivity contribution < 1.29 is 4.42 Å². The van der Waals surface area contributed by atoms with Gasteiger partial charge in [-0.25, -0.2) is 0 Å². The third kappa shape index (κ3) is 6.76. The van der Waals surface area contributed by atoms with Crippen LogP contribution in [0.25, 0.3) is 0 Å². The Morgan fingerprint density at radius 2 is 2.12 bits per heavy atom. The minimum Gasteiger partial charge on any atom is -0.469 e. The summed E-state index contributed by atoms with van der Waals surface area (Å²) in [5.41, 5.74) is 0. The molecule has 6 heteroatoms. The van der Waals surface area contributed by atoms with Gasteiger partial charge in [-0.2, -0.15) is 0 Å². The number of aliphatic imine (C=N–C) groups is 1. The molecule has 1 aromatic heterocycles. The highest BCUT2D eigenvalue weighted by Gasteiger charge is 2.27. The maximum absolute atomic E-state index is 5.42. The van der Waals surface area contributed by atoms with Gasteiger partial charge in [-0.05, 0) is 56.8 Å². The van der Waals surface area contributed by atoms with E-state index >= 15 is 0 Å². The molecule has 0 saturated carbocycles. The summed E-state index contributed by atoms with van der Waals surface area (Å²) >= 11 is 0. The van der Waals surface area contributed by atoms with Gasteiger partial charge in [0.15, 0.2) is 5.96 Å². The fourth-order valence-corrected chi connectivity index (χ4v) is 3.92. The van der Waals surface area contributed by atoms with Crippen molar-refractivity contribution in [1.29, 1.82) is 0 Å². The first-order valence-corrected chi connectivity index (χ1v) is 10.1. The molecule has 2 aliphatic heterocycles. The molecule has 0 aliphatic carbocycles. The van der Waals surface area contributed by atoms with Crippen LogP contribution in [0.15, 0.2) is 27.8 Å². The first-order chi connectivity index (χ1) is 12.3. The molecule has 1 atom stereocenters. The second-order valence-electron chi connectivity index (χ2n) is 7.42. The normalized spacial score (nSPS) is 21.7. The van der Waals surface area contributed by atoms with E-state index in [0.29, 0.717) is 0 Å². The number of halogens is 1. The number of nitrogens with one attached hydrogen (secondary N) is 1. The van der Waals surface area contributed by atoms with Gasteiger partial charge in [-0.15, -0.1) is 24.0 Å². The highest BCUT2D eigenvalue weighted by molar-refractivity contribution is 14.0. The third-order valence-corrected chi connectivity index (χ3v) is 5.27. The zero-order chi connectivity index (χ0) is 17.3. The van der Waals surface area contributed by atoms with Crippen molar-refractivity contribution in [3.63, 3.8) is 0 Å². The van der Waals surface area contributed by atoms with Crippen molar-refractivity contribution in [3.8, 4) is 0 Å². The van der Waals surface area contributed by atoms with E-state index in [4.69, 9.17) is 9.41 Å². The maximum atomic E-state index is 5.42. The van der Waals surface area contributed by atoms with Gasteiger partial charge in [0.2, 0.25) is 0 Å². The molecule has 3 heterocycles. The molecule has 0 amide bonds. The minimum atomic E-state index is 0. The predicted octanol–water partition coefficient (Wildman–Crippen LogP) is 3.60. The number of piperidine rings is 1. The average molecular weight is 474 g/mol. The van der Waals surface area contributed by atoms with Crippen LogP contribution in [-0.4, -0.2) is 61.6 Å². The van der Waals surface area contributed by atoms with Gasteiger partial charge in [-0.3, -0.25) is 4.99 Å². The quantitative estimate of drug-likeness (QED) is 0.373. The third-order valence-electron chi connectivity index (χ3n) is 5.27. The predicted molar refractivity (Wildman–Crippen MR) is 118 cm³/mol. The molecule has 1 unspecified atom stereocenters. The summed E-state index contributed by atoms with van der Waals surface area (Å²) in [6.45, 7) is 10.1. The highest BCUT2D eigenvalue weighted by Crippen LogP contribution is 2.20. The van der Waals surface area contributed by atoms with Gasteiger partial charge in [0, 0.05) is 39.1 Å². The van der Waals surface area contributed by atoms with Crippen LogP contribution in [0, 0.1) is 5.92 Å². The van der Waals surface area contributed by atoms with E-state index in [1.807, 2.05) is 12.1 Å². The van der Waals surface area contributed by atoms with Crippen molar-refractivity contribution in [1.82, 2.24) is 15.1 Å². The van der Waals surface area contributed by atoms with Crippen LogP contribution in [0.1, 0.15) is 44.8 Å². The molecule has 2 aliphatic rings. The number of furan rings is 1. The maximum Gasteiger partial charge on any atom is 0.193 e. The molecule has 148 valence electrons. The van der Waals surface area contributed by atoms with Crippen LogP contribution in [0.4, 0.5) is 0 Å². The van der Waals surface area contributed by atoms with Crippen LogP contribution < -0.4 is 5.32 Å². The van der Waals surface area contributed by atoms with E-state index in [1.54, 1.807) is 6.26 Å². The fourth-order valence-electron chi connectivity index (χ4n) is 3.92. The number of nitrogens with zero attached hydrogens (tertiary/aromatic N) is 3. The van der Waals surface area contributed by atoms with Crippen molar-refractivity contribution in [2.45, 2.75) is 45.4 Å². The molecular weight excluding hydrogens is 439 g/mol. The van der Waals surface area contributed by atoms with Crippen molar-refractivity contribution in [2.24, 2.45) is 10.9 Å². The summed E-state index contributed by atoms with van der Waals surface area (Å²) in [7, 11) is 0. The molecular formula is C20H35IN4O. The second-order valence-corrected chi connectivity index (χ2v) is 7.42. The SMILES string of the molecule is CCCN=C(NCCc1ccco1)N1CCC(CN2CCCCC2)C1.I. The van der Waals surface area contributed by atoms with Gasteiger partial charge < -0.3 is 19.5 Å². The summed E-state index contributed by atoms with van der Waals surface area (Å²) in [6.07, 6.45) is 9.22. The van der Waals surface area contributed by atoms with Crippen LogP contribution in [0.5, 0.6) is 0 Å². The summed E-state index contributed by atoms with van der Waals surface area (Å²) < 4.78 is 5.42. The Morgan fingerprint density at radius 3 is 2.85 bits per heavy atom. The van der Waals surface area contributed by atoms with Gasteiger partial charge in [0.25, 0.3) is 0 Å². The van der Waals surface area contributed by atoms with Gasteiger partial charge in [0.05, 0.1) is 6.26 Å². The lowest BCUT2D eigenvalue weighted by Gasteiger charge is -2.29. The Morgan fingerprint density at radius 1 is 1.27 bits per heavy atom. The lowest BCUT2D eigenvalue weighted by molar-refractivity contribution is 0.198. The monoisotopic (exact) mass is 474 g/mol. The van der Waals surface area contributed by atoms with Crippen LogP contribution in [-0.2, 0) is 6.42 Å². The number of rotatable bonds is 7. The summed E-state index contributed by atoms with van der Waals surface area (Å²) in [4.78, 5) is 9.95. The number of hydrogen-bond donors (Lipinski definition) is 1. The zero-order valence-corrected chi connectivity index (χ0v) is 18.5. The summed E-state index contributed by atoms with van der Waals surface area (Å²) in [5, 5.41) is 3.56. The number of hydrogen-bond acceptors (Lipinski definition) is 3. The molecule has 26 heavy (non-hydrogen) atoms. The van der Waals surface area contributed by atoms with E-state index in [0.717, 1.165) is 56.7 Å². The molecule has 5 nitrogen and oxygen atoms in total. The summed E-state index contributed by atoms with van der Waals surface area (Å²) in [6, 6.07) is 3.99. The van der Waals surface area contributed by atoms with Gasteiger partial charge in [-0.1, -0.05) is 13.3 Å². The van der Waals surface area contributed by atoms with Crippen LogP contribution in [0.2, 0.25) is 0 Å². The minimum absolute atomic E-state index is 0. The fraction of sp³-hybridized carbons (Fsp3) is 0.750. The zero-order valence-electron chi connectivity index (χ0n) is 16.2. The van der Waals surface area contributed by atoms with Crippen LogP contribution in [0.3, 0.4) is 0 Å². The Bertz CT molecular complexity index is 514. The lowest BCUT2D eigenvalue weighted by atomic mass is 10.1. The van der Waals surface area contributed by atoms with E-state index in [9.17, 15) is 0 Å². The molecule has 1 aromatic rings. The van der Waals surface area contributed by atoms with E-state index in [2.05, 4.69) is 22.0 Å². The van der Waals surface area contributed by atoms with Gasteiger partial charge in [0.1, 0.15) is 5.76 Å². The standard InChI is InChI=1S/C20H34N4O.HI/c1-2-10-21-20(22-11-8-19-7-6-15-25-19)24-14-9-18(17-24)16-23-12-4-3-5-13-23;/h6-7,15,18H,2-5,8-14,16-17H2,1H3,(H,21,22);1H. The van der Waals surface area contributed by atoms with Crippen molar-refractivity contribution >= 4 is 29.9 Å². The smallest absolute Gasteiger partial charge is 0.193 e. The number of likely N-dealkylation sites (tertiary alicyclic amines) is 2. The Hall–Kier alpha value is -0.760. The molecule has 0 radical (unpaired) electrons. The van der Waals surface area contributed by atoms with E-state index in [1.165, 1.54) is 45.3 Å². The van der Waals surface area contributed by atoms with E-state index in [-0.39, 0.29) is 24.0 Å². The molecule has 2 saturated heterocycles. The molecule has 0 aromatic carbocycles. The van der Waals surface area contributed by atoms with E-state index < -0.39 is 0 Å². The second kappa shape index (κ2) is 11.8. The highest BCUT2D eigenvalue weighted by atomic mass is 127. The Labute approximate surface area is 175 Å². The topological polar surface area (TPSA) is 44.0 Å². The molecule has 0 spiro atoms. The lowest BCUT2D eigenvalue weighted by Crippen LogP contribution is -2.42. The van der Waals surface area contributed by atoms with Crippen molar-refractivity contribution in [2.75, 3.05) is 45.8 Å². The first-order valence-electron chi connectivity index (χ1n) is 10.1. The van der Waals surface area contributed by atoms with Crippen molar-refractivity contribution in [3.05, 3.63) is 24.2 Å². The average Bonchev–Trinajstić information content (AvgIpc) is 3.31. The largest absolute Gasteiger partial charge is 0.469 e. The Balaban J connectivity index is 0.00000243. The molecule has 3 rings (SSSR count). The van der Waals surface area contributed by atoms with Crippen LogP contribution >= 0.6 is 24.0 Å². The molecule has 1 N–H and O–H groups in total. The molecule has 2 fully saturated rings. The first kappa shape index (κ1) is 21.5. The Kier molecular flexibility index (Phi) is 9.82. The van der Waals surface area contributed by atoms with Gasteiger partial charge >= 0.3 is 0 Å².